The Kier molecular flexibility index (Phi) is 6.09. The van der Waals surface area contributed by atoms with Crippen molar-refractivity contribution < 1.29 is 5.11 Å². The lowest BCUT2D eigenvalue weighted by Crippen LogP contribution is -2.08. The van der Waals surface area contributed by atoms with E-state index < -0.39 is 6.23 Å². The van der Waals surface area contributed by atoms with Gasteiger partial charge in [-0.05, 0) is 6.42 Å². The van der Waals surface area contributed by atoms with Gasteiger partial charge in [0.25, 0.3) is 0 Å². The summed E-state index contributed by atoms with van der Waals surface area (Å²) >= 11 is 0. The van der Waals surface area contributed by atoms with Crippen LogP contribution >= 0.6 is 0 Å². The number of nitrogens with zero attached hydrogens (tertiary/aromatic N) is 1. The summed E-state index contributed by atoms with van der Waals surface area (Å²) in [4.78, 5) is 3.94. The first-order valence-electron chi connectivity index (χ1n) is 3.96. The maximum Gasteiger partial charge on any atom is 0.144 e. The van der Waals surface area contributed by atoms with Crippen molar-refractivity contribution >= 4 is 18.1 Å². The van der Waals surface area contributed by atoms with Crippen LogP contribution in [0.15, 0.2) is 4.99 Å². The predicted octanol–water partition coefficient (Wildman–Crippen LogP) is 1.24. The highest BCUT2D eigenvalue weighted by molar-refractivity contribution is 6.01. The Labute approximate surface area is 72.4 Å². The Bertz CT molecular complexity index is 165. The molecule has 4 heteroatoms. The molecule has 4 nitrogen and oxygen atoms in total. The van der Waals surface area contributed by atoms with Gasteiger partial charge in [-0.3, -0.25) is 4.99 Å². The Balaban J connectivity index is 4.14. The van der Waals surface area contributed by atoms with Crippen LogP contribution in [0, 0.1) is 10.8 Å². The van der Waals surface area contributed by atoms with E-state index >= 15 is 0 Å². The predicted molar refractivity (Wildman–Crippen MR) is 50.5 cm³/mol. The van der Waals surface area contributed by atoms with Crippen LogP contribution in [0.25, 0.3) is 0 Å². The number of aliphatic hydroxyl groups excluding tert-OH is 1. The van der Waals surface area contributed by atoms with Crippen LogP contribution in [0.2, 0.25) is 0 Å². The van der Waals surface area contributed by atoms with Crippen molar-refractivity contribution in [3.8, 4) is 0 Å². The molecule has 68 valence electrons. The Morgan fingerprint density at radius 1 is 1.42 bits per heavy atom. The molecule has 0 aliphatic heterocycles. The van der Waals surface area contributed by atoms with Crippen molar-refractivity contribution in [3.63, 3.8) is 0 Å². The Morgan fingerprint density at radius 3 is 2.25 bits per heavy atom. The van der Waals surface area contributed by atoms with E-state index in [9.17, 15) is 0 Å². The Morgan fingerprint density at radius 2 is 1.92 bits per heavy atom. The fourth-order valence-electron chi connectivity index (χ4n) is 0.726. The molecule has 1 unspecified atom stereocenters. The van der Waals surface area contributed by atoms with E-state index in [4.69, 9.17) is 15.9 Å². The van der Waals surface area contributed by atoms with Crippen molar-refractivity contribution in [3.05, 3.63) is 0 Å². The molecule has 0 rings (SSSR count). The first kappa shape index (κ1) is 11.0. The minimum absolute atomic E-state index is 0.423. The summed E-state index contributed by atoms with van der Waals surface area (Å²) in [5.41, 5.74) is 0.689. The molecular formula is C8H15N3O. The summed E-state index contributed by atoms with van der Waals surface area (Å²) in [5, 5.41) is 22.8. The minimum Gasteiger partial charge on any atom is -0.372 e. The maximum absolute atomic E-state index is 9.14. The lowest BCUT2D eigenvalue weighted by Gasteiger charge is -2.04. The second-order valence-electron chi connectivity index (χ2n) is 2.40. The molecule has 0 aromatic heterocycles. The SMILES string of the molecule is CCC(O)N=C(CC=N)CC=N. The Hall–Kier alpha value is -1.03. The molecule has 0 bridgehead atoms. The molecule has 0 saturated carbocycles. The van der Waals surface area contributed by atoms with E-state index in [1.807, 2.05) is 6.92 Å². The van der Waals surface area contributed by atoms with Gasteiger partial charge in [-0.25, -0.2) is 0 Å². The lowest BCUT2D eigenvalue weighted by atomic mass is 10.2. The van der Waals surface area contributed by atoms with Crippen molar-refractivity contribution in [2.24, 2.45) is 4.99 Å². The van der Waals surface area contributed by atoms with Gasteiger partial charge in [-0.15, -0.1) is 0 Å². The van der Waals surface area contributed by atoms with Crippen LogP contribution in [0.3, 0.4) is 0 Å². The van der Waals surface area contributed by atoms with E-state index in [0.717, 1.165) is 0 Å². The molecule has 0 radical (unpaired) electrons. The molecular weight excluding hydrogens is 154 g/mol. The summed E-state index contributed by atoms with van der Waals surface area (Å²) < 4.78 is 0. The zero-order chi connectivity index (χ0) is 9.40. The number of aliphatic imine (C=N–C) groups is 1. The molecule has 0 fully saturated rings. The molecule has 0 spiro atoms. The second-order valence-corrected chi connectivity index (χ2v) is 2.40. The van der Waals surface area contributed by atoms with Crippen LogP contribution in [-0.2, 0) is 0 Å². The highest BCUT2D eigenvalue weighted by atomic mass is 16.3. The third-order valence-electron chi connectivity index (χ3n) is 1.37. The quantitative estimate of drug-likeness (QED) is 0.514. The first-order chi connectivity index (χ1) is 5.74. The van der Waals surface area contributed by atoms with E-state index in [1.165, 1.54) is 12.4 Å². The number of aliphatic hydroxyl groups is 1. The van der Waals surface area contributed by atoms with Crippen molar-refractivity contribution in [2.45, 2.75) is 32.4 Å². The van der Waals surface area contributed by atoms with E-state index in [-0.39, 0.29) is 0 Å². The normalized spacial score (nSPS) is 11.8. The first-order valence-corrected chi connectivity index (χ1v) is 3.96. The minimum atomic E-state index is -0.681. The van der Waals surface area contributed by atoms with Gasteiger partial charge in [0.2, 0.25) is 0 Å². The van der Waals surface area contributed by atoms with Crippen LogP contribution in [-0.4, -0.2) is 29.5 Å². The highest BCUT2D eigenvalue weighted by Gasteiger charge is 1.99. The van der Waals surface area contributed by atoms with Crippen LogP contribution in [0.4, 0.5) is 0 Å². The average Bonchev–Trinajstić information content (AvgIpc) is 2.05. The summed E-state index contributed by atoms with van der Waals surface area (Å²) in [5.74, 6) is 0. The van der Waals surface area contributed by atoms with Crippen molar-refractivity contribution in [1.29, 1.82) is 10.8 Å². The van der Waals surface area contributed by atoms with Gasteiger partial charge >= 0.3 is 0 Å². The van der Waals surface area contributed by atoms with Gasteiger partial charge in [0.05, 0.1) is 0 Å². The molecule has 0 aromatic carbocycles. The highest BCUT2D eigenvalue weighted by Crippen LogP contribution is 1.97. The standard InChI is InChI=1S/C8H15N3O/c1-2-8(12)11-7(3-5-9)4-6-10/h5-6,8-10,12H,2-4H2,1H3. The molecule has 12 heavy (non-hydrogen) atoms. The van der Waals surface area contributed by atoms with Gasteiger partial charge < -0.3 is 15.9 Å². The van der Waals surface area contributed by atoms with Gasteiger partial charge in [0.1, 0.15) is 6.23 Å². The molecule has 0 saturated heterocycles. The van der Waals surface area contributed by atoms with Crippen molar-refractivity contribution in [1.82, 2.24) is 0 Å². The summed E-state index contributed by atoms with van der Waals surface area (Å²) in [6.45, 7) is 1.83. The zero-order valence-electron chi connectivity index (χ0n) is 7.25. The maximum atomic E-state index is 9.14. The molecule has 0 aliphatic rings. The monoisotopic (exact) mass is 169 g/mol. The molecule has 0 aliphatic carbocycles. The average molecular weight is 169 g/mol. The van der Waals surface area contributed by atoms with Gasteiger partial charge in [0, 0.05) is 31.0 Å². The van der Waals surface area contributed by atoms with Gasteiger partial charge in [0.15, 0.2) is 0 Å². The number of nitrogens with one attached hydrogen (secondary N) is 2. The molecule has 0 heterocycles. The van der Waals surface area contributed by atoms with E-state index in [2.05, 4.69) is 4.99 Å². The fraction of sp³-hybridized carbons (Fsp3) is 0.625. The molecule has 3 N–H and O–H groups in total. The largest absolute Gasteiger partial charge is 0.372 e. The van der Waals surface area contributed by atoms with Crippen LogP contribution in [0.1, 0.15) is 26.2 Å². The third-order valence-corrected chi connectivity index (χ3v) is 1.37. The summed E-state index contributed by atoms with van der Waals surface area (Å²) in [6, 6.07) is 0. The third kappa shape index (κ3) is 4.73. The van der Waals surface area contributed by atoms with Gasteiger partial charge in [-0.1, -0.05) is 6.92 Å². The smallest absolute Gasteiger partial charge is 0.144 e. The second kappa shape index (κ2) is 6.67. The number of hydrogen-bond donors (Lipinski definition) is 3. The lowest BCUT2D eigenvalue weighted by molar-refractivity contribution is 0.180. The number of hydrogen-bond acceptors (Lipinski definition) is 4. The summed E-state index contributed by atoms with van der Waals surface area (Å²) in [6.07, 6.45) is 3.19. The fourth-order valence-corrected chi connectivity index (χ4v) is 0.726. The van der Waals surface area contributed by atoms with E-state index in [0.29, 0.717) is 25.0 Å². The molecule has 0 aromatic rings. The van der Waals surface area contributed by atoms with Crippen molar-refractivity contribution in [2.75, 3.05) is 0 Å². The van der Waals surface area contributed by atoms with E-state index in [1.54, 1.807) is 0 Å². The molecule has 1 atom stereocenters. The number of rotatable bonds is 6. The molecule has 0 amide bonds. The zero-order valence-corrected chi connectivity index (χ0v) is 7.25. The van der Waals surface area contributed by atoms with Gasteiger partial charge in [-0.2, -0.15) is 0 Å². The topological polar surface area (TPSA) is 80.3 Å². The van der Waals surface area contributed by atoms with Crippen LogP contribution in [0.5, 0.6) is 0 Å². The summed E-state index contributed by atoms with van der Waals surface area (Å²) in [7, 11) is 0. The van der Waals surface area contributed by atoms with Crippen LogP contribution < -0.4 is 0 Å².